The highest BCUT2D eigenvalue weighted by atomic mass is 16.7. The summed E-state index contributed by atoms with van der Waals surface area (Å²) in [7, 11) is 0. The molecule has 3 atom stereocenters. The fourth-order valence-electron chi connectivity index (χ4n) is 1.82. The Kier molecular flexibility index (Phi) is 2.44. The topological polar surface area (TPSA) is 44.5 Å². The molecule has 14 heavy (non-hydrogen) atoms. The predicted octanol–water partition coefficient (Wildman–Crippen LogP) is 2.09. The van der Waals surface area contributed by atoms with Gasteiger partial charge < -0.3 is 15.2 Å². The lowest BCUT2D eigenvalue weighted by Crippen LogP contribution is -2.12. The van der Waals surface area contributed by atoms with Gasteiger partial charge in [0.25, 0.3) is 0 Å². The average Bonchev–Trinajstić information content (AvgIpc) is 2.46. The van der Waals surface area contributed by atoms with Crippen LogP contribution < -0.4 is 5.73 Å². The minimum absolute atomic E-state index is 0.0359. The van der Waals surface area contributed by atoms with Crippen molar-refractivity contribution in [3.05, 3.63) is 29.8 Å². The Labute approximate surface area is 83.8 Å². The summed E-state index contributed by atoms with van der Waals surface area (Å²) in [4.78, 5) is 0. The van der Waals surface area contributed by atoms with Crippen LogP contribution >= 0.6 is 0 Å². The van der Waals surface area contributed by atoms with E-state index < -0.39 is 0 Å². The third kappa shape index (κ3) is 1.61. The van der Waals surface area contributed by atoms with Gasteiger partial charge in [0.15, 0.2) is 6.29 Å². The molecule has 0 aromatic heterocycles. The summed E-state index contributed by atoms with van der Waals surface area (Å²) in [6.45, 7) is 3.90. The second kappa shape index (κ2) is 3.59. The van der Waals surface area contributed by atoms with E-state index in [1.807, 2.05) is 38.1 Å². The summed E-state index contributed by atoms with van der Waals surface area (Å²) < 4.78 is 11.1. The lowest BCUT2D eigenvalue weighted by Gasteiger charge is -2.14. The van der Waals surface area contributed by atoms with Crippen molar-refractivity contribution in [2.75, 3.05) is 5.73 Å². The summed E-state index contributed by atoms with van der Waals surface area (Å²) in [5.74, 6) is 0. The van der Waals surface area contributed by atoms with Crippen molar-refractivity contribution in [1.29, 1.82) is 0 Å². The highest BCUT2D eigenvalue weighted by Gasteiger charge is 2.32. The predicted molar refractivity (Wildman–Crippen MR) is 54.7 cm³/mol. The Hall–Kier alpha value is -1.06. The van der Waals surface area contributed by atoms with Gasteiger partial charge in [-0.3, -0.25) is 0 Å². The second-order valence-corrected chi connectivity index (χ2v) is 3.59. The van der Waals surface area contributed by atoms with Crippen molar-refractivity contribution < 1.29 is 9.47 Å². The van der Waals surface area contributed by atoms with Crippen molar-refractivity contribution >= 4 is 5.69 Å². The van der Waals surface area contributed by atoms with Crippen molar-refractivity contribution in [2.45, 2.75) is 32.3 Å². The summed E-state index contributed by atoms with van der Waals surface area (Å²) in [5, 5.41) is 0. The molecule has 3 nitrogen and oxygen atoms in total. The fraction of sp³-hybridized carbons (Fsp3) is 0.455. The van der Waals surface area contributed by atoms with Crippen LogP contribution in [-0.4, -0.2) is 12.4 Å². The first-order valence-corrected chi connectivity index (χ1v) is 4.84. The van der Waals surface area contributed by atoms with Gasteiger partial charge in [0, 0.05) is 11.3 Å². The number of ether oxygens (including phenoxy) is 2. The van der Waals surface area contributed by atoms with E-state index >= 15 is 0 Å². The summed E-state index contributed by atoms with van der Waals surface area (Å²) in [5.41, 5.74) is 7.66. The lowest BCUT2D eigenvalue weighted by molar-refractivity contribution is -0.0493. The maximum atomic E-state index is 5.87. The van der Waals surface area contributed by atoms with E-state index in [1.165, 1.54) is 0 Å². The highest BCUT2D eigenvalue weighted by molar-refractivity contribution is 5.48. The molecule has 0 amide bonds. The number of hydrogen-bond acceptors (Lipinski definition) is 3. The molecule has 1 aromatic rings. The normalized spacial score (nSPS) is 32.0. The smallest absolute Gasteiger partial charge is 0.156 e. The maximum absolute atomic E-state index is 5.87. The molecule has 1 aliphatic heterocycles. The molecule has 1 unspecified atom stereocenters. The molecule has 1 aliphatic rings. The van der Waals surface area contributed by atoms with E-state index in [-0.39, 0.29) is 18.5 Å². The molecule has 2 rings (SSSR count). The summed E-state index contributed by atoms with van der Waals surface area (Å²) in [6.07, 6.45) is -0.115. The first-order chi connectivity index (χ1) is 6.68. The Morgan fingerprint density at radius 3 is 2.43 bits per heavy atom. The van der Waals surface area contributed by atoms with Gasteiger partial charge >= 0.3 is 0 Å². The fourth-order valence-corrected chi connectivity index (χ4v) is 1.82. The van der Waals surface area contributed by atoms with Crippen molar-refractivity contribution in [2.24, 2.45) is 0 Å². The van der Waals surface area contributed by atoms with Gasteiger partial charge in [-0.05, 0) is 19.9 Å². The van der Waals surface area contributed by atoms with Gasteiger partial charge in [-0.25, -0.2) is 0 Å². The first kappa shape index (κ1) is 9.49. The molecule has 1 fully saturated rings. The number of nitrogen functional groups attached to an aromatic ring is 1. The molecule has 1 saturated heterocycles. The molecular weight excluding hydrogens is 178 g/mol. The van der Waals surface area contributed by atoms with Gasteiger partial charge in [-0.1, -0.05) is 18.2 Å². The molecule has 1 heterocycles. The molecule has 0 spiro atoms. The van der Waals surface area contributed by atoms with Crippen LogP contribution in [0.15, 0.2) is 24.3 Å². The number of benzene rings is 1. The van der Waals surface area contributed by atoms with Crippen molar-refractivity contribution in [1.82, 2.24) is 0 Å². The van der Waals surface area contributed by atoms with Gasteiger partial charge in [0.05, 0.1) is 6.10 Å². The van der Waals surface area contributed by atoms with Crippen LogP contribution in [0, 0.1) is 0 Å². The minimum Gasteiger partial charge on any atom is -0.398 e. The van der Waals surface area contributed by atoms with Crippen LogP contribution in [-0.2, 0) is 9.47 Å². The minimum atomic E-state index is -0.144. The van der Waals surface area contributed by atoms with Gasteiger partial charge in [-0.15, -0.1) is 0 Å². The molecule has 1 aromatic carbocycles. The van der Waals surface area contributed by atoms with E-state index in [0.717, 1.165) is 11.3 Å². The maximum Gasteiger partial charge on any atom is 0.156 e. The van der Waals surface area contributed by atoms with Crippen LogP contribution in [0.25, 0.3) is 0 Å². The van der Waals surface area contributed by atoms with E-state index in [1.54, 1.807) is 0 Å². The zero-order valence-corrected chi connectivity index (χ0v) is 8.44. The third-order valence-electron chi connectivity index (χ3n) is 2.47. The number of anilines is 1. The number of nitrogens with two attached hydrogens (primary N) is 1. The molecule has 0 bridgehead atoms. The number of para-hydroxylation sites is 1. The zero-order valence-electron chi connectivity index (χ0n) is 8.44. The lowest BCUT2D eigenvalue weighted by atomic mass is 10.0. The Morgan fingerprint density at radius 1 is 1.14 bits per heavy atom. The van der Waals surface area contributed by atoms with Gasteiger partial charge in [0.2, 0.25) is 0 Å². The van der Waals surface area contributed by atoms with Crippen molar-refractivity contribution in [3.63, 3.8) is 0 Å². The van der Waals surface area contributed by atoms with E-state index in [4.69, 9.17) is 15.2 Å². The quantitative estimate of drug-likeness (QED) is 0.694. The molecule has 0 aliphatic carbocycles. The molecule has 3 heteroatoms. The molecule has 2 N–H and O–H groups in total. The summed E-state index contributed by atoms with van der Waals surface area (Å²) in [6, 6.07) is 7.75. The third-order valence-corrected chi connectivity index (χ3v) is 2.47. The second-order valence-electron chi connectivity index (χ2n) is 3.59. The number of rotatable bonds is 1. The van der Waals surface area contributed by atoms with Crippen LogP contribution in [0.5, 0.6) is 0 Å². The van der Waals surface area contributed by atoms with Crippen LogP contribution in [0.4, 0.5) is 5.69 Å². The Morgan fingerprint density at radius 2 is 1.86 bits per heavy atom. The monoisotopic (exact) mass is 193 g/mol. The van der Waals surface area contributed by atoms with E-state index in [9.17, 15) is 0 Å². The van der Waals surface area contributed by atoms with Gasteiger partial charge in [0.1, 0.15) is 6.10 Å². The molecular formula is C11H15NO2. The average molecular weight is 193 g/mol. The molecule has 76 valence electrons. The molecule has 0 saturated carbocycles. The van der Waals surface area contributed by atoms with Crippen LogP contribution in [0.3, 0.4) is 0 Å². The zero-order chi connectivity index (χ0) is 10.1. The first-order valence-electron chi connectivity index (χ1n) is 4.84. The standard InChI is InChI=1S/C11H15NO2/c1-7-11(14-8(2)13-7)9-5-3-4-6-10(9)12/h3-8,11H,12H2,1-2H3/t7-,8?,11+/m1/s1. The van der Waals surface area contributed by atoms with Crippen molar-refractivity contribution in [3.8, 4) is 0 Å². The van der Waals surface area contributed by atoms with E-state index in [0.29, 0.717) is 0 Å². The Balaban J connectivity index is 2.27. The van der Waals surface area contributed by atoms with Gasteiger partial charge in [-0.2, -0.15) is 0 Å². The Bertz CT molecular complexity index is 327. The largest absolute Gasteiger partial charge is 0.398 e. The summed E-state index contributed by atoms with van der Waals surface area (Å²) >= 11 is 0. The van der Waals surface area contributed by atoms with Crippen LogP contribution in [0.1, 0.15) is 25.5 Å². The molecule has 0 radical (unpaired) electrons. The SMILES string of the molecule is CC1O[C@H](c2ccccc2N)[C@@H](C)O1. The van der Waals surface area contributed by atoms with E-state index in [2.05, 4.69) is 0 Å². The van der Waals surface area contributed by atoms with Crippen LogP contribution in [0.2, 0.25) is 0 Å². The number of hydrogen-bond donors (Lipinski definition) is 1. The highest BCUT2D eigenvalue weighted by Crippen LogP contribution is 2.34.